The van der Waals surface area contributed by atoms with Crippen molar-refractivity contribution in [2.24, 2.45) is 0 Å². The van der Waals surface area contributed by atoms with Crippen LogP contribution in [-0.2, 0) is 17.8 Å². The monoisotopic (exact) mass is 381 g/mol. The summed E-state index contributed by atoms with van der Waals surface area (Å²) in [7, 11) is 0. The molecule has 28 heavy (non-hydrogen) atoms. The molecule has 0 saturated carbocycles. The number of hydrogen-bond donors (Lipinski definition) is 2. The summed E-state index contributed by atoms with van der Waals surface area (Å²) in [5.41, 5.74) is 1.40. The van der Waals surface area contributed by atoms with Crippen LogP contribution >= 0.6 is 0 Å². The van der Waals surface area contributed by atoms with Crippen molar-refractivity contribution < 1.29 is 4.79 Å². The highest BCUT2D eigenvalue weighted by molar-refractivity contribution is 5.78. The highest BCUT2D eigenvalue weighted by Crippen LogP contribution is 2.13. The van der Waals surface area contributed by atoms with Crippen LogP contribution in [0.4, 0.5) is 0 Å². The highest BCUT2D eigenvalue weighted by atomic mass is 16.2. The van der Waals surface area contributed by atoms with E-state index in [-0.39, 0.29) is 29.7 Å². The molecule has 3 aromatic heterocycles. The van der Waals surface area contributed by atoms with Gasteiger partial charge in [-0.2, -0.15) is 9.50 Å². The van der Waals surface area contributed by atoms with Crippen LogP contribution < -0.4 is 10.9 Å². The first kappa shape index (κ1) is 18.3. The van der Waals surface area contributed by atoms with Crippen LogP contribution in [0.1, 0.15) is 30.1 Å². The summed E-state index contributed by atoms with van der Waals surface area (Å²) in [6.45, 7) is 4.32. The Labute approximate surface area is 161 Å². The Morgan fingerprint density at radius 1 is 1.36 bits per heavy atom. The smallest absolute Gasteiger partial charge is 0.274 e. The average Bonchev–Trinajstić information content (AvgIpc) is 3.05. The van der Waals surface area contributed by atoms with Crippen molar-refractivity contribution in [3.8, 4) is 0 Å². The maximum atomic E-state index is 12.5. The third kappa shape index (κ3) is 4.25. The van der Waals surface area contributed by atoms with E-state index in [1.54, 1.807) is 13.1 Å². The molecule has 9 nitrogen and oxygen atoms in total. The van der Waals surface area contributed by atoms with Gasteiger partial charge in [-0.25, -0.2) is 4.98 Å². The number of carbonyl (C=O) groups is 1. The molecule has 1 aliphatic rings. The molecule has 1 aliphatic heterocycles. The first-order valence-electron chi connectivity index (χ1n) is 9.44. The van der Waals surface area contributed by atoms with Gasteiger partial charge in [-0.1, -0.05) is 6.07 Å². The number of aromatic nitrogens is 5. The summed E-state index contributed by atoms with van der Waals surface area (Å²) < 4.78 is 1.25. The minimum Gasteiger partial charge on any atom is -0.352 e. The third-order valence-electron chi connectivity index (χ3n) is 4.82. The minimum atomic E-state index is -0.237. The van der Waals surface area contributed by atoms with Gasteiger partial charge in [0.25, 0.3) is 11.3 Å². The van der Waals surface area contributed by atoms with Crippen LogP contribution in [0.5, 0.6) is 0 Å². The van der Waals surface area contributed by atoms with Gasteiger partial charge in [-0.3, -0.25) is 24.6 Å². The van der Waals surface area contributed by atoms with Gasteiger partial charge in [0.2, 0.25) is 5.91 Å². The van der Waals surface area contributed by atoms with E-state index in [0.29, 0.717) is 11.5 Å². The summed E-state index contributed by atoms with van der Waals surface area (Å²) in [6, 6.07) is 7.43. The molecule has 1 saturated heterocycles. The van der Waals surface area contributed by atoms with Gasteiger partial charge in [0.05, 0.1) is 12.1 Å². The minimum absolute atomic E-state index is 0.0819. The second kappa shape index (κ2) is 7.89. The van der Waals surface area contributed by atoms with E-state index in [0.717, 1.165) is 38.2 Å². The molecule has 1 atom stereocenters. The average molecular weight is 381 g/mol. The van der Waals surface area contributed by atoms with E-state index in [2.05, 4.69) is 30.3 Å². The Kier molecular flexibility index (Phi) is 5.16. The SMILES string of the molecule is Cc1cc(=O)n2[nH]c(CC(=O)N[C@@H]3CCCN(Cc4ccccn4)C3)nc2n1. The first-order valence-corrected chi connectivity index (χ1v) is 9.44. The van der Waals surface area contributed by atoms with Gasteiger partial charge in [-0.05, 0) is 38.4 Å². The number of H-pyrrole nitrogens is 1. The highest BCUT2D eigenvalue weighted by Gasteiger charge is 2.22. The zero-order chi connectivity index (χ0) is 19.5. The normalized spacial score (nSPS) is 17.7. The van der Waals surface area contributed by atoms with E-state index in [1.165, 1.54) is 10.6 Å². The molecule has 146 valence electrons. The van der Waals surface area contributed by atoms with Crippen LogP contribution in [0.2, 0.25) is 0 Å². The fourth-order valence-electron chi connectivity index (χ4n) is 3.58. The molecule has 9 heteroatoms. The Hall–Kier alpha value is -3.07. The predicted octanol–water partition coefficient (Wildman–Crippen LogP) is 0.444. The lowest BCUT2D eigenvalue weighted by Crippen LogP contribution is -2.47. The van der Waals surface area contributed by atoms with Gasteiger partial charge in [0.1, 0.15) is 5.82 Å². The molecular formula is C19H23N7O2. The molecule has 0 aromatic carbocycles. The van der Waals surface area contributed by atoms with Gasteiger partial charge < -0.3 is 5.32 Å². The van der Waals surface area contributed by atoms with Crippen molar-refractivity contribution >= 4 is 11.7 Å². The first-order chi connectivity index (χ1) is 13.6. The number of hydrogen-bond acceptors (Lipinski definition) is 6. The van der Waals surface area contributed by atoms with E-state index >= 15 is 0 Å². The molecule has 0 aliphatic carbocycles. The molecule has 3 aromatic rings. The lowest BCUT2D eigenvalue weighted by atomic mass is 10.1. The van der Waals surface area contributed by atoms with Crippen LogP contribution in [0, 0.1) is 6.92 Å². The van der Waals surface area contributed by atoms with Crippen molar-refractivity contribution in [3.63, 3.8) is 0 Å². The van der Waals surface area contributed by atoms with E-state index in [1.807, 2.05) is 18.2 Å². The zero-order valence-electron chi connectivity index (χ0n) is 15.8. The fourth-order valence-corrected chi connectivity index (χ4v) is 3.58. The molecule has 4 heterocycles. The number of aryl methyl sites for hydroxylation is 1. The third-order valence-corrected chi connectivity index (χ3v) is 4.82. The van der Waals surface area contributed by atoms with Gasteiger partial charge in [0, 0.05) is 37.1 Å². The van der Waals surface area contributed by atoms with Crippen molar-refractivity contribution in [1.29, 1.82) is 0 Å². The van der Waals surface area contributed by atoms with Crippen LogP contribution in [0.15, 0.2) is 35.3 Å². The number of nitrogens with one attached hydrogen (secondary N) is 2. The van der Waals surface area contributed by atoms with Crippen LogP contribution in [-0.4, -0.2) is 54.5 Å². The largest absolute Gasteiger partial charge is 0.352 e. The number of pyridine rings is 1. The molecule has 2 N–H and O–H groups in total. The molecule has 0 unspecified atom stereocenters. The van der Waals surface area contributed by atoms with Gasteiger partial charge in [0.15, 0.2) is 0 Å². The van der Waals surface area contributed by atoms with E-state index in [4.69, 9.17) is 0 Å². The molecule has 0 radical (unpaired) electrons. The predicted molar refractivity (Wildman–Crippen MR) is 103 cm³/mol. The number of fused-ring (bicyclic) bond motifs is 1. The second-order valence-corrected chi connectivity index (χ2v) is 7.18. The molecule has 0 spiro atoms. The Morgan fingerprint density at radius 2 is 2.25 bits per heavy atom. The maximum absolute atomic E-state index is 12.5. The lowest BCUT2D eigenvalue weighted by molar-refractivity contribution is -0.121. The molecule has 4 rings (SSSR count). The van der Waals surface area contributed by atoms with Crippen LogP contribution in [0.25, 0.3) is 5.78 Å². The Bertz CT molecular complexity index is 1030. The number of piperidine rings is 1. The Morgan fingerprint density at radius 3 is 3.07 bits per heavy atom. The molecule has 1 fully saturated rings. The number of rotatable bonds is 5. The van der Waals surface area contributed by atoms with E-state index in [9.17, 15) is 9.59 Å². The zero-order valence-corrected chi connectivity index (χ0v) is 15.8. The van der Waals surface area contributed by atoms with E-state index < -0.39 is 0 Å². The summed E-state index contributed by atoms with van der Waals surface area (Å²) >= 11 is 0. The lowest BCUT2D eigenvalue weighted by Gasteiger charge is -2.32. The maximum Gasteiger partial charge on any atom is 0.274 e. The number of aromatic amines is 1. The summed E-state index contributed by atoms with van der Waals surface area (Å²) in [4.78, 5) is 39.6. The number of amides is 1. The number of carbonyl (C=O) groups excluding carboxylic acids is 1. The quantitative estimate of drug-likeness (QED) is 0.664. The van der Waals surface area contributed by atoms with Gasteiger partial charge >= 0.3 is 0 Å². The standard InChI is InChI=1S/C19H23N7O2/c1-13-9-18(28)26-19(21-13)23-16(24-26)10-17(27)22-15-6-4-8-25(12-15)11-14-5-2-3-7-20-14/h2-3,5,7,9,15H,4,6,8,10-12H2,1H3,(H,22,27)(H,21,23,24)/t15-/m1/s1. The molecular weight excluding hydrogens is 358 g/mol. The van der Waals surface area contributed by atoms with Crippen LogP contribution in [0.3, 0.4) is 0 Å². The summed E-state index contributed by atoms with van der Waals surface area (Å²) in [6.07, 6.45) is 3.86. The second-order valence-electron chi connectivity index (χ2n) is 7.18. The van der Waals surface area contributed by atoms with Gasteiger partial charge in [-0.15, -0.1) is 0 Å². The Balaban J connectivity index is 1.35. The number of nitrogens with zero attached hydrogens (tertiary/aromatic N) is 5. The number of likely N-dealkylation sites (tertiary alicyclic amines) is 1. The van der Waals surface area contributed by atoms with Crippen molar-refractivity contribution in [1.82, 2.24) is 34.8 Å². The van der Waals surface area contributed by atoms with Crippen molar-refractivity contribution in [3.05, 3.63) is 58.0 Å². The molecule has 0 bridgehead atoms. The van der Waals surface area contributed by atoms with Crippen molar-refractivity contribution in [2.75, 3.05) is 13.1 Å². The summed E-state index contributed by atoms with van der Waals surface area (Å²) in [5.74, 6) is 0.592. The van der Waals surface area contributed by atoms with Crippen molar-refractivity contribution in [2.45, 2.75) is 38.8 Å². The topological polar surface area (TPSA) is 108 Å². The fraction of sp³-hybridized carbons (Fsp3) is 0.421. The summed E-state index contributed by atoms with van der Waals surface area (Å²) in [5, 5.41) is 5.94. The molecule has 1 amide bonds.